The van der Waals surface area contributed by atoms with Gasteiger partial charge in [0, 0.05) is 32.7 Å². The number of morpholine rings is 1. The standard InChI is InChI=1S/C22H26FN5O4/c23-15-3-1-14(2-4-15)19(18-12-25-13-31-18)27-7-9-28(10-8-27)22(30)20-21(29)26-16-11-24-6-5-17(16)32-20/h1-4,12-13,16-17,19-20,24H,5-11H2,(H,26,29). The molecule has 3 fully saturated rings. The molecule has 170 valence electrons. The van der Waals surface area contributed by atoms with Crippen molar-refractivity contribution in [3.63, 3.8) is 0 Å². The summed E-state index contributed by atoms with van der Waals surface area (Å²) in [5.74, 6) is -0.309. The average Bonchev–Trinajstić information content (AvgIpc) is 3.34. The molecular formula is C22H26FN5O4. The number of fused-ring (bicyclic) bond motifs is 1. The molecule has 4 atom stereocenters. The lowest BCUT2D eigenvalue weighted by molar-refractivity contribution is -0.168. The lowest BCUT2D eigenvalue weighted by Gasteiger charge is -2.42. The smallest absolute Gasteiger partial charge is 0.261 e. The first-order valence-corrected chi connectivity index (χ1v) is 10.9. The third-order valence-electron chi connectivity index (χ3n) is 6.42. The van der Waals surface area contributed by atoms with Crippen LogP contribution >= 0.6 is 0 Å². The largest absolute Gasteiger partial charge is 0.446 e. The number of rotatable bonds is 4. The van der Waals surface area contributed by atoms with Gasteiger partial charge in [-0.25, -0.2) is 9.37 Å². The second-order valence-corrected chi connectivity index (χ2v) is 8.38. The highest BCUT2D eigenvalue weighted by molar-refractivity contribution is 6.04. The molecular weight excluding hydrogens is 417 g/mol. The summed E-state index contributed by atoms with van der Waals surface area (Å²) in [6.07, 6.45) is 2.56. The van der Waals surface area contributed by atoms with E-state index in [0.29, 0.717) is 38.5 Å². The minimum absolute atomic E-state index is 0.0875. The van der Waals surface area contributed by atoms with Crippen molar-refractivity contribution in [2.45, 2.75) is 30.7 Å². The van der Waals surface area contributed by atoms with Crippen LogP contribution in [0.3, 0.4) is 0 Å². The van der Waals surface area contributed by atoms with Gasteiger partial charge in [-0.05, 0) is 30.7 Å². The number of nitrogens with one attached hydrogen (secondary N) is 2. The summed E-state index contributed by atoms with van der Waals surface area (Å²) in [5.41, 5.74) is 0.884. The van der Waals surface area contributed by atoms with Crippen molar-refractivity contribution in [1.29, 1.82) is 0 Å². The van der Waals surface area contributed by atoms with Crippen molar-refractivity contribution < 1.29 is 23.1 Å². The van der Waals surface area contributed by atoms with E-state index in [0.717, 1.165) is 18.5 Å². The molecule has 3 aliphatic rings. The van der Waals surface area contributed by atoms with Crippen LogP contribution in [0.25, 0.3) is 0 Å². The molecule has 0 radical (unpaired) electrons. The molecule has 3 aliphatic heterocycles. The Bertz CT molecular complexity index is 946. The number of amides is 2. The first kappa shape index (κ1) is 21.0. The number of oxazole rings is 1. The van der Waals surface area contributed by atoms with Gasteiger partial charge >= 0.3 is 0 Å². The molecule has 4 unspecified atom stereocenters. The van der Waals surface area contributed by atoms with Crippen molar-refractivity contribution >= 4 is 11.8 Å². The summed E-state index contributed by atoms with van der Waals surface area (Å²) in [6.45, 7) is 3.50. The topological polar surface area (TPSA) is 99.9 Å². The lowest BCUT2D eigenvalue weighted by Crippen LogP contribution is -2.65. The van der Waals surface area contributed by atoms with Crippen LogP contribution in [0.15, 0.2) is 41.3 Å². The number of piperazine rings is 1. The Kier molecular flexibility index (Phi) is 5.90. The molecule has 2 N–H and O–H groups in total. The second kappa shape index (κ2) is 8.97. The Morgan fingerprint density at radius 2 is 1.97 bits per heavy atom. The average molecular weight is 443 g/mol. The molecule has 5 rings (SSSR count). The van der Waals surface area contributed by atoms with E-state index in [-0.39, 0.29) is 35.8 Å². The fraction of sp³-hybridized carbons (Fsp3) is 0.500. The van der Waals surface area contributed by atoms with Crippen LogP contribution in [0.1, 0.15) is 23.8 Å². The summed E-state index contributed by atoms with van der Waals surface area (Å²) >= 11 is 0. The second-order valence-electron chi connectivity index (χ2n) is 8.38. The van der Waals surface area contributed by atoms with Crippen molar-refractivity contribution in [3.8, 4) is 0 Å². The van der Waals surface area contributed by atoms with Crippen molar-refractivity contribution in [2.24, 2.45) is 0 Å². The molecule has 2 amide bonds. The van der Waals surface area contributed by atoms with E-state index in [4.69, 9.17) is 9.15 Å². The quantitative estimate of drug-likeness (QED) is 0.656. The maximum Gasteiger partial charge on any atom is 0.261 e. The molecule has 1 aromatic carbocycles. The molecule has 0 bridgehead atoms. The van der Waals surface area contributed by atoms with Gasteiger partial charge in [-0.15, -0.1) is 0 Å². The van der Waals surface area contributed by atoms with Gasteiger partial charge in [-0.2, -0.15) is 0 Å². The first-order valence-electron chi connectivity index (χ1n) is 10.9. The number of piperidine rings is 1. The van der Waals surface area contributed by atoms with Crippen LogP contribution in [-0.2, 0) is 14.3 Å². The molecule has 32 heavy (non-hydrogen) atoms. The van der Waals surface area contributed by atoms with Gasteiger partial charge in [0.05, 0.1) is 24.4 Å². The Morgan fingerprint density at radius 3 is 2.69 bits per heavy atom. The van der Waals surface area contributed by atoms with Crippen LogP contribution in [0, 0.1) is 5.82 Å². The molecule has 0 saturated carbocycles. The lowest BCUT2D eigenvalue weighted by atomic mass is 10.00. The normalized spacial score (nSPS) is 27.5. The van der Waals surface area contributed by atoms with Crippen LogP contribution < -0.4 is 10.6 Å². The number of hydrogen-bond acceptors (Lipinski definition) is 7. The molecule has 3 saturated heterocycles. The predicted octanol–water partition coefficient (Wildman–Crippen LogP) is 0.293. The number of ether oxygens (including phenoxy) is 1. The highest BCUT2D eigenvalue weighted by atomic mass is 19.1. The molecule has 4 heterocycles. The summed E-state index contributed by atoms with van der Waals surface area (Å²) in [4.78, 5) is 33.5. The Labute approximate surface area is 184 Å². The summed E-state index contributed by atoms with van der Waals surface area (Å²) < 4.78 is 24.9. The van der Waals surface area contributed by atoms with E-state index < -0.39 is 6.10 Å². The van der Waals surface area contributed by atoms with Crippen LogP contribution in [-0.4, -0.2) is 84.1 Å². The van der Waals surface area contributed by atoms with Crippen LogP contribution in [0.2, 0.25) is 0 Å². The summed E-state index contributed by atoms with van der Waals surface area (Å²) in [7, 11) is 0. The third-order valence-corrected chi connectivity index (χ3v) is 6.42. The van der Waals surface area contributed by atoms with Crippen LogP contribution in [0.4, 0.5) is 4.39 Å². The zero-order chi connectivity index (χ0) is 22.1. The number of carbonyl (C=O) groups excluding carboxylic acids is 2. The molecule has 9 nitrogen and oxygen atoms in total. The van der Waals surface area contributed by atoms with Gasteiger partial charge in [0.15, 0.2) is 6.39 Å². The maximum absolute atomic E-state index is 13.4. The van der Waals surface area contributed by atoms with Crippen molar-refractivity contribution in [1.82, 2.24) is 25.4 Å². The number of carbonyl (C=O) groups is 2. The molecule has 1 aromatic heterocycles. The number of benzene rings is 1. The minimum Gasteiger partial charge on any atom is -0.446 e. The third kappa shape index (κ3) is 4.13. The fourth-order valence-corrected chi connectivity index (χ4v) is 4.73. The van der Waals surface area contributed by atoms with Gasteiger partial charge in [0.1, 0.15) is 11.6 Å². The highest BCUT2D eigenvalue weighted by Gasteiger charge is 2.43. The van der Waals surface area contributed by atoms with Gasteiger partial charge in [-0.3, -0.25) is 14.5 Å². The molecule has 10 heteroatoms. The van der Waals surface area contributed by atoms with Gasteiger partial charge in [0.2, 0.25) is 6.10 Å². The fourth-order valence-electron chi connectivity index (χ4n) is 4.73. The Morgan fingerprint density at radius 1 is 1.19 bits per heavy atom. The van der Waals surface area contributed by atoms with Gasteiger partial charge in [-0.1, -0.05) is 12.1 Å². The SMILES string of the molecule is O=C1NC2CNCCC2OC1C(=O)N1CCN(C(c2ccc(F)cc2)c2cnco2)CC1. The summed E-state index contributed by atoms with van der Waals surface area (Å²) in [6, 6.07) is 5.98. The maximum atomic E-state index is 13.4. The molecule has 0 aliphatic carbocycles. The van der Waals surface area contributed by atoms with Gasteiger partial charge in [0.25, 0.3) is 11.8 Å². The zero-order valence-electron chi connectivity index (χ0n) is 17.6. The Hall–Kier alpha value is -2.82. The predicted molar refractivity (Wildman–Crippen MR) is 111 cm³/mol. The monoisotopic (exact) mass is 443 g/mol. The number of halogens is 1. The molecule has 0 spiro atoms. The van der Waals surface area contributed by atoms with E-state index in [1.54, 1.807) is 23.2 Å². The van der Waals surface area contributed by atoms with Crippen molar-refractivity contribution in [3.05, 3.63) is 54.0 Å². The summed E-state index contributed by atoms with van der Waals surface area (Å²) in [5, 5.41) is 6.15. The highest BCUT2D eigenvalue weighted by Crippen LogP contribution is 2.30. The Balaban J connectivity index is 1.26. The first-order chi connectivity index (χ1) is 15.6. The molecule has 2 aromatic rings. The number of hydrogen-bond donors (Lipinski definition) is 2. The van der Waals surface area contributed by atoms with E-state index in [9.17, 15) is 14.0 Å². The zero-order valence-corrected chi connectivity index (χ0v) is 17.6. The number of nitrogens with zero attached hydrogens (tertiary/aromatic N) is 3. The number of aromatic nitrogens is 1. The van der Waals surface area contributed by atoms with E-state index in [2.05, 4.69) is 20.5 Å². The van der Waals surface area contributed by atoms with E-state index in [1.807, 2.05) is 0 Å². The van der Waals surface area contributed by atoms with Crippen molar-refractivity contribution in [2.75, 3.05) is 39.3 Å². The van der Waals surface area contributed by atoms with E-state index in [1.165, 1.54) is 18.5 Å². The van der Waals surface area contributed by atoms with Gasteiger partial charge < -0.3 is 24.7 Å². The van der Waals surface area contributed by atoms with E-state index >= 15 is 0 Å². The van der Waals surface area contributed by atoms with Crippen LogP contribution in [0.5, 0.6) is 0 Å². The minimum atomic E-state index is -1.09.